The van der Waals surface area contributed by atoms with E-state index in [-0.39, 0.29) is 12.0 Å². The molecule has 0 saturated heterocycles. The number of hydrogen-bond acceptors (Lipinski definition) is 3. The lowest BCUT2D eigenvalue weighted by atomic mass is 10.1. The molecular weight excluding hydrogens is 285 g/mol. The predicted molar refractivity (Wildman–Crippen MR) is 74.3 cm³/mol. The summed E-state index contributed by atoms with van der Waals surface area (Å²) in [5.74, 6) is 0.265. The van der Waals surface area contributed by atoms with Crippen LogP contribution in [0.5, 0.6) is 0 Å². The Morgan fingerprint density at radius 1 is 1.15 bits per heavy atom. The molecule has 0 aliphatic heterocycles. The van der Waals surface area contributed by atoms with Crippen LogP contribution in [0.2, 0.25) is 0 Å². The van der Waals surface area contributed by atoms with E-state index in [1.807, 2.05) is 19.2 Å². The van der Waals surface area contributed by atoms with Crippen molar-refractivity contribution in [2.45, 2.75) is 26.1 Å². The van der Waals surface area contributed by atoms with E-state index in [2.05, 4.69) is 4.98 Å². The second kappa shape index (κ2) is 5.54. The van der Waals surface area contributed by atoms with Gasteiger partial charge in [-0.05, 0) is 18.1 Å². The summed E-state index contributed by atoms with van der Waals surface area (Å²) < 4.78 is 37.5. The van der Waals surface area contributed by atoms with Crippen LogP contribution in [0, 0.1) is 5.92 Å². The summed E-state index contributed by atoms with van der Waals surface area (Å²) in [4.78, 5) is 4.41. The zero-order valence-electron chi connectivity index (χ0n) is 11.1. The van der Waals surface area contributed by atoms with Crippen molar-refractivity contribution < 1.29 is 13.2 Å². The molecule has 2 nitrogen and oxygen atoms in total. The highest BCUT2D eigenvalue weighted by Crippen LogP contribution is 2.32. The summed E-state index contributed by atoms with van der Waals surface area (Å²) in [5.41, 5.74) is 6.68. The number of thiazole rings is 1. The standard InChI is InChI=1S/C14H15F3N2S/c1-8(2)12(18)13-19-11(7-20-13)9-3-5-10(6-4-9)14(15,16)17/h3-8,12H,18H2,1-2H3. The van der Waals surface area contributed by atoms with Crippen molar-refractivity contribution in [1.29, 1.82) is 0 Å². The van der Waals surface area contributed by atoms with Gasteiger partial charge in [-0.1, -0.05) is 26.0 Å². The normalized spacial score (nSPS) is 13.8. The molecule has 0 spiro atoms. The van der Waals surface area contributed by atoms with Gasteiger partial charge >= 0.3 is 6.18 Å². The highest BCUT2D eigenvalue weighted by molar-refractivity contribution is 7.10. The third-order valence-electron chi connectivity index (χ3n) is 3.03. The highest BCUT2D eigenvalue weighted by Gasteiger charge is 2.30. The van der Waals surface area contributed by atoms with E-state index in [0.29, 0.717) is 11.3 Å². The summed E-state index contributed by atoms with van der Waals surface area (Å²) in [6.45, 7) is 4.01. The van der Waals surface area contributed by atoms with Crippen molar-refractivity contribution in [1.82, 2.24) is 4.98 Å². The SMILES string of the molecule is CC(C)C(N)c1nc(-c2ccc(C(F)(F)F)cc2)cs1. The monoisotopic (exact) mass is 300 g/mol. The number of nitrogens with zero attached hydrogens (tertiary/aromatic N) is 1. The van der Waals surface area contributed by atoms with Gasteiger partial charge in [0.05, 0.1) is 17.3 Å². The Morgan fingerprint density at radius 2 is 1.75 bits per heavy atom. The largest absolute Gasteiger partial charge is 0.416 e. The molecule has 2 N–H and O–H groups in total. The molecule has 0 aliphatic rings. The third kappa shape index (κ3) is 3.19. The van der Waals surface area contributed by atoms with Gasteiger partial charge in [0.1, 0.15) is 5.01 Å². The fourth-order valence-electron chi connectivity index (χ4n) is 1.69. The maximum atomic E-state index is 12.5. The van der Waals surface area contributed by atoms with Crippen molar-refractivity contribution in [2.24, 2.45) is 11.7 Å². The molecule has 0 bridgehead atoms. The van der Waals surface area contributed by atoms with Gasteiger partial charge in [-0.25, -0.2) is 4.98 Å². The zero-order valence-corrected chi connectivity index (χ0v) is 11.9. The molecule has 1 aromatic heterocycles. The minimum absolute atomic E-state index is 0.150. The summed E-state index contributed by atoms with van der Waals surface area (Å²) in [7, 11) is 0. The number of nitrogens with two attached hydrogens (primary N) is 1. The summed E-state index contributed by atoms with van der Waals surface area (Å²) in [6.07, 6.45) is -4.31. The molecule has 0 saturated carbocycles. The fraction of sp³-hybridized carbons (Fsp3) is 0.357. The highest BCUT2D eigenvalue weighted by atomic mass is 32.1. The molecule has 1 aromatic carbocycles. The fourth-order valence-corrected chi connectivity index (χ4v) is 2.69. The van der Waals surface area contributed by atoms with Crippen LogP contribution in [-0.2, 0) is 6.18 Å². The van der Waals surface area contributed by atoms with Gasteiger partial charge in [0.2, 0.25) is 0 Å². The van der Waals surface area contributed by atoms with Crippen molar-refractivity contribution >= 4 is 11.3 Å². The first-order valence-corrected chi connectivity index (χ1v) is 7.05. The topological polar surface area (TPSA) is 38.9 Å². The van der Waals surface area contributed by atoms with Crippen molar-refractivity contribution in [2.75, 3.05) is 0 Å². The summed E-state index contributed by atoms with van der Waals surface area (Å²) >= 11 is 1.43. The maximum absolute atomic E-state index is 12.5. The molecule has 2 aromatic rings. The van der Waals surface area contributed by atoms with Crippen LogP contribution in [0.25, 0.3) is 11.3 Å². The van der Waals surface area contributed by atoms with Crippen LogP contribution in [0.4, 0.5) is 13.2 Å². The Morgan fingerprint density at radius 3 is 2.25 bits per heavy atom. The Bertz CT molecular complexity index is 573. The molecule has 0 aliphatic carbocycles. The number of halogens is 3. The molecule has 0 amide bonds. The number of alkyl halides is 3. The first kappa shape index (κ1) is 15.0. The first-order valence-electron chi connectivity index (χ1n) is 6.17. The number of benzene rings is 1. The van der Waals surface area contributed by atoms with E-state index < -0.39 is 11.7 Å². The molecule has 2 rings (SSSR count). The molecule has 20 heavy (non-hydrogen) atoms. The Hall–Kier alpha value is -1.40. The lowest BCUT2D eigenvalue weighted by Gasteiger charge is -2.11. The van der Waals surface area contributed by atoms with Crippen LogP contribution in [-0.4, -0.2) is 4.98 Å². The van der Waals surface area contributed by atoms with E-state index in [9.17, 15) is 13.2 Å². The van der Waals surface area contributed by atoms with E-state index in [1.165, 1.54) is 23.5 Å². The Kier molecular flexibility index (Phi) is 4.15. The van der Waals surface area contributed by atoms with Gasteiger partial charge in [0.15, 0.2) is 0 Å². The van der Waals surface area contributed by atoms with Crippen LogP contribution in [0.3, 0.4) is 0 Å². The van der Waals surface area contributed by atoms with Crippen LogP contribution < -0.4 is 5.73 Å². The number of aromatic nitrogens is 1. The van der Waals surface area contributed by atoms with E-state index in [0.717, 1.165) is 17.1 Å². The second-order valence-electron chi connectivity index (χ2n) is 4.92. The first-order chi connectivity index (χ1) is 9.29. The smallest absolute Gasteiger partial charge is 0.322 e. The summed E-state index contributed by atoms with van der Waals surface area (Å²) in [5, 5.41) is 2.62. The van der Waals surface area contributed by atoms with Gasteiger partial charge in [-0.3, -0.25) is 0 Å². The minimum atomic E-state index is -4.31. The van der Waals surface area contributed by atoms with Gasteiger partial charge in [-0.2, -0.15) is 13.2 Å². The van der Waals surface area contributed by atoms with Gasteiger partial charge in [0.25, 0.3) is 0 Å². The molecule has 1 heterocycles. The van der Waals surface area contributed by atoms with Crippen molar-refractivity contribution in [3.8, 4) is 11.3 Å². The molecule has 6 heteroatoms. The average Bonchev–Trinajstić information content (AvgIpc) is 2.86. The number of rotatable bonds is 3. The van der Waals surface area contributed by atoms with Gasteiger partial charge < -0.3 is 5.73 Å². The van der Waals surface area contributed by atoms with Gasteiger partial charge in [0, 0.05) is 10.9 Å². The average molecular weight is 300 g/mol. The lowest BCUT2D eigenvalue weighted by Crippen LogP contribution is -2.16. The maximum Gasteiger partial charge on any atom is 0.416 e. The molecule has 0 fully saturated rings. The van der Waals surface area contributed by atoms with Crippen molar-refractivity contribution in [3.05, 3.63) is 40.2 Å². The quantitative estimate of drug-likeness (QED) is 0.907. The van der Waals surface area contributed by atoms with E-state index in [4.69, 9.17) is 5.73 Å². The van der Waals surface area contributed by atoms with E-state index in [1.54, 1.807) is 0 Å². The van der Waals surface area contributed by atoms with Crippen LogP contribution in [0.15, 0.2) is 29.6 Å². The number of hydrogen-bond donors (Lipinski definition) is 1. The van der Waals surface area contributed by atoms with E-state index >= 15 is 0 Å². The summed E-state index contributed by atoms with van der Waals surface area (Å²) in [6, 6.07) is 4.85. The van der Waals surface area contributed by atoms with Gasteiger partial charge in [-0.15, -0.1) is 11.3 Å². The minimum Gasteiger partial charge on any atom is -0.322 e. The van der Waals surface area contributed by atoms with Crippen molar-refractivity contribution in [3.63, 3.8) is 0 Å². The predicted octanol–water partition coefficient (Wildman–Crippen LogP) is 4.48. The lowest BCUT2D eigenvalue weighted by molar-refractivity contribution is -0.137. The zero-order chi connectivity index (χ0) is 14.9. The van der Waals surface area contributed by atoms with Crippen LogP contribution in [0.1, 0.15) is 30.5 Å². The molecule has 0 radical (unpaired) electrons. The second-order valence-corrected chi connectivity index (χ2v) is 5.81. The molecule has 1 unspecified atom stereocenters. The Labute approximate surface area is 119 Å². The molecule has 108 valence electrons. The molecular formula is C14H15F3N2S. The third-order valence-corrected chi connectivity index (χ3v) is 3.98. The van der Waals surface area contributed by atoms with Crippen LogP contribution >= 0.6 is 11.3 Å². The Balaban J connectivity index is 2.25. The molecule has 1 atom stereocenters.